The van der Waals surface area contributed by atoms with Crippen molar-refractivity contribution in [3.8, 4) is 5.75 Å². The van der Waals surface area contributed by atoms with Crippen LogP contribution >= 0.6 is 0 Å². The van der Waals surface area contributed by atoms with E-state index in [0.717, 1.165) is 50.3 Å². The number of aliphatic carboxylic acids is 1. The number of carboxylic acid groups (broad SMARTS) is 1. The van der Waals surface area contributed by atoms with Crippen molar-refractivity contribution in [2.24, 2.45) is 11.8 Å². The fourth-order valence-electron chi connectivity index (χ4n) is 5.58. The first kappa shape index (κ1) is 34.0. The first-order valence-electron chi connectivity index (χ1n) is 15.2. The quantitative estimate of drug-likeness (QED) is 0.257. The number of para-hydroxylation sites is 1. The van der Waals surface area contributed by atoms with E-state index in [1.54, 1.807) is 31.4 Å². The summed E-state index contributed by atoms with van der Waals surface area (Å²) < 4.78 is 11.1. The highest BCUT2D eigenvalue weighted by atomic mass is 16.5. The van der Waals surface area contributed by atoms with Gasteiger partial charge < -0.3 is 35.4 Å². The topological polar surface area (TPSA) is 129 Å². The Morgan fingerprint density at radius 1 is 1.12 bits per heavy atom. The number of hydrogen-bond acceptors (Lipinski definition) is 7. The lowest BCUT2D eigenvalue weighted by Gasteiger charge is -2.31. The zero-order valence-electron chi connectivity index (χ0n) is 26.2. The molecule has 236 valence electrons. The van der Waals surface area contributed by atoms with Crippen molar-refractivity contribution in [1.82, 2.24) is 15.5 Å². The number of rotatable bonds is 13. The predicted octanol–water partition coefficient (Wildman–Crippen LogP) is 3.77. The number of carbonyl (C=O) groups excluding carboxylic acids is 2. The van der Waals surface area contributed by atoms with E-state index in [1.165, 1.54) is 0 Å². The Bertz CT molecular complexity index is 1220. The standard InChI is InChI=1S/C23H39N3O3.C10H9NO3/c1-6-18-8-9-19(12-22(18)29-11-7-10-28-5)23(27)26(17(2)3)16-21-15-25-14-20(21)13-24-4;12-9-5-7(10(13)14)6-3-1-2-4-8(6)11-9/h8-9,12,17,20-21,24-25H,6-7,10-11,13-16H2,1-5H3;1-4,7H,5H2,(H,11,12)(H,13,14)/t20-,21-;7-/m01/s1. The van der Waals surface area contributed by atoms with Gasteiger partial charge in [-0.25, -0.2) is 0 Å². The molecule has 2 amide bonds. The van der Waals surface area contributed by atoms with Crippen molar-refractivity contribution in [3.05, 3.63) is 59.2 Å². The second kappa shape index (κ2) is 17.0. The van der Waals surface area contributed by atoms with E-state index in [0.29, 0.717) is 41.9 Å². The summed E-state index contributed by atoms with van der Waals surface area (Å²) in [6.07, 6.45) is 1.73. The lowest BCUT2D eigenvalue weighted by Crippen LogP contribution is -2.43. The lowest BCUT2D eigenvalue weighted by atomic mass is 9.91. The molecule has 0 saturated carbocycles. The van der Waals surface area contributed by atoms with E-state index in [-0.39, 0.29) is 24.3 Å². The van der Waals surface area contributed by atoms with Crippen molar-refractivity contribution >= 4 is 23.5 Å². The number of amides is 2. The van der Waals surface area contributed by atoms with Crippen LogP contribution < -0.4 is 20.7 Å². The van der Waals surface area contributed by atoms with Crippen molar-refractivity contribution in [2.45, 2.75) is 52.0 Å². The van der Waals surface area contributed by atoms with Crippen LogP contribution in [0.2, 0.25) is 0 Å². The van der Waals surface area contributed by atoms with E-state index < -0.39 is 11.9 Å². The van der Waals surface area contributed by atoms with Crippen LogP contribution in [0.4, 0.5) is 5.69 Å². The second-order valence-electron chi connectivity index (χ2n) is 11.4. The Balaban J connectivity index is 0.000000299. The van der Waals surface area contributed by atoms with E-state index in [9.17, 15) is 14.4 Å². The molecule has 1 saturated heterocycles. The summed E-state index contributed by atoms with van der Waals surface area (Å²) in [7, 11) is 3.68. The largest absolute Gasteiger partial charge is 0.493 e. The number of nitrogens with one attached hydrogen (secondary N) is 3. The van der Waals surface area contributed by atoms with Gasteiger partial charge in [-0.2, -0.15) is 0 Å². The van der Waals surface area contributed by atoms with Crippen LogP contribution in [-0.4, -0.2) is 87.4 Å². The number of carboxylic acids is 1. The molecule has 2 aliphatic heterocycles. The van der Waals surface area contributed by atoms with Crippen molar-refractivity contribution in [1.29, 1.82) is 0 Å². The molecule has 2 aliphatic rings. The highest BCUT2D eigenvalue weighted by Gasteiger charge is 2.32. The predicted molar refractivity (Wildman–Crippen MR) is 168 cm³/mol. The number of aryl methyl sites for hydroxylation is 1. The third-order valence-electron chi connectivity index (χ3n) is 8.00. The van der Waals surface area contributed by atoms with Gasteiger partial charge in [0.15, 0.2) is 0 Å². The minimum Gasteiger partial charge on any atom is -0.493 e. The van der Waals surface area contributed by atoms with Crippen molar-refractivity contribution < 1.29 is 29.0 Å². The molecule has 43 heavy (non-hydrogen) atoms. The highest BCUT2D eigenvalue weighted by molar-refractivity contribution is 5.99. The molecule has 10 nitrogen and oxygen atoms in total. The third-order valence-corrected chi connectivity index (χ3v) is 8.00. The van der Waals surface area contributed by atoms with Crippen LogP contribution in [0.15, 0.2) is 42.5 Å². The average molecular weight is 597 g/mol. The summed E-state index contributed by atoms with van der Waals surface area (Å²) in [4.78, 5) is 37.4. The molecule has 10 heteroatoms. The molecule has 0 bridgehead atoms. The Morgan fingerprint density at radius 2 is 1.86 bits per heavy atom. The molecule has 2 heterocycles. The Labute approximate surface area is 255 Å². The zero-order chi connectivity index (χ0) is 31.4. The smallest absolute Gasteiger partial charge is 0.311 e. The molecule has 4 N–H and O–H groups in total. The number of benzene rings is 2. The summed E-state index contributed by atoms with van der Waals surface area (Å²) >= 11 is 0. The summed E-state index contributed by atoms with van der Waals surface area (Å²) in [5.41, 5.74) is 3.12. The molecule has 0 radical (unpaired) electrons. The molecule has 0 unspecified atom stereocenters. The van der Waals surface area contributed by atoms with Crippen molar-refractivity contribution in [3.63, 3.8) is 0 Å². The van der Waals surface area contributed by atoms with Gasteiger partial charge in [0.25, 0.3) is 5.91 Å². The summed E-state index contributed by atoms with van der Waals surface area (Å²) in [6.45, 7) is 11.3. The van der Waals surface area contributed by atoms with E-state index in [4.69, 9.17) is 14.6 Å². The number of hydrogen-bond donors (Lipinski definition) is 4. The molecule has 0 spiro atoms. The molecule has 2 aromatic rings. The molecule has 3 atom stereocenters. The molecule has 0 aromatic heterocycles. The van der Waals surface area contributed by atoms with Gasteiger partial charge >= 0.3 is 5.97 Å². The minimum absolute atomic E-state index is 0.0202. The lowest BCUT2D eigenvalue weighted by molar-refractivity contribution is -0.140. The normalized spacial score (nSPS) is 19.2. The highest BCUT2D eigenvalue weighted by Crippen LogP contribution is 2.32. The van der Waals surface area contributed by atoms with Crippen LogP contribution in [0.3, 0.4) is 0 Å². The molecule has 4 rings (SSSR count). The molecule has 0 aliphatic carbocycles. The van der Waals surface area contributed by atoms with Gasteiger partial charge in [0.1, 0.15) is 5.75 Å². The van der Waals surface area contributed by atoms with Gasteiger partial charge in [-0.1, -0.05) is 31.2 Å². The number of fused-ring (bicyclic) bond motifs is 1. The minimum atomic E-state index is -0.952. The van der Waals surface area contributed by atoms with Gasteiger partial charge in [0, 0.05) is 56.9 Å². The number of carbonyl (C=O) groups is 3. The molecule has 2 aromatic carbocycles. The Hall–Kier alpha value is -3.47. The maximum Gasteiger partial charge on any atom is 0.311 e. The molecular formula is C33H48N4O6. The van der Waals surface area contributed by atoms with E-state index in [2.05, 4.69) is 36.7 Å². The number of anilines is 1. The summed E-state index contributed by atoms with van der Waals surface area (Å²) in [6, 6.07) is 13.0. The fourth-order valence-corrected chi connectivity index (χ4v) is 5.58. The summed E-state index contributed by atoms with van der Waals surface area (Å²) in [5.74, 6) is 0.0151. The first-order chi connectivity index (χ1) is 20.7. The number of methoxy groups -OCH3 is 1. The van der Waals surface area contributed by atoms with Gasteiger partial charge in [-0.15, -0.1) is 0 Å². The SMILES string of the molecule is CCc1ccc(C(=O)N(C[C@@H]2CNC[C@@H]2CNC)C(C)C)cc1OCCCOC.O=C1C[C@@H](C(=O)O)c2ccccc2N1. The Morgan fingerprint density at radius 3 is 2.53 bits per heavy atom. The first-order valence-corrected chi connectivity index (χ1v) is 15.2. The maximum atomic E-state index is 13.4. The number of ether oxygens (including phenoxy) is 2. The summed E-state index contributed by atoms with van der Waals surface area (Å²) in [5, 5.41) is 18.3. The third kappa shape index (κ3) is 9.51. The average Bonchev–Trinajstić information content (AvgIpc) is 3.44. The van der Waals surface area contributed by atoms with Crippen LogP contribution in [0.5, 0.6) is 5.75 Å². The Kier molecular flexibility index (Phi) is 13.4. The van der Waals surface area contributed by atoms with E-state index >= 15 is 0 Å². The number of nitrogens with zero attached hydrogens (tertiary/aromatic N) is 1. The second-order valence-corrected chi connectivity index (χ2v) is 11.4. The van der Waals surface area contributed by atoms with Crippen LogP contribution in [0.25, 0.3) is 0 Å². The molecular weight excluding hydrogens is 548 g/mol. The van der Waals surface area contributed by atoms with Gasteiger partial charge in [0.05, 0.1) is 12.5 Å². The van der Waals surface area contributed by atoms with Crippen LogP contribution in [0, 0.1) is 11.8 Å². The maximum absolute atomic E-state index is 13.4. The van der Waals surface area contributed by atoms with Gasteiger partial charge in [-0.3, -0.25) is 14.4 Å². The van der Waals surface area contributed by atoms with Crippen LogP contribution in [-0.2, 0) is 20.7 Å². The van der Waals surface area contributed by atoms with Crippen LogP contribution in [0.1, 0.15) is 61.0 Å². The molecule has 1 fully saturated rings. The van der Waals surface area contributed by atoms with E-state index in [1.807, 2.05) is 30.1 Å². The van der Waals surface area contributed by atoms with Gasteiger partial charge in [0.2, 0.25) is 5.91 Å². The zero-order valence-corrected chi connectivity index (χ0v) is 26.2. The monoisotopic (exact) mass is 596 g/mol. The van der Waals surface area contributed by atoms with Crippen molar-refractivity contribution in [2.75, 3.05) is 58.9 Å². The fraction of sp³-hybridized carbons (Fsp3) is 0.545. The van der Waals surface area contributed by atoms with Gasteiger partial charge in [-0.05, 0) is 81.6 Å².